The van der Waals surface area contributed by atoms with Crippen LogP contribution in [0.3, 0.4) is 0 Å². The number of nitrogens with two attached hydrogens (primary N) is 1. The van der Waals surface area contributed by atoms with E-state index in [4.69, 9.17) is 11.0 Å². The Morgan fingerprint density at radius 2 is 2.24 bits per heavy atom. The van der Waals surface area contributed by atoms with Gasteiger partial charge >= 0.3 is 0 Å². The van der Waals surface area contributed by atoms with Gasteiger partial charge in [0, 0.05) is 4.88 Å². The normalized spacial score (nSPS) is 16.0. The fourth-order valence-corrected chi connectivity index (χ4v) is 3.51. The molecule has 1 aliphatic carbocycles. The zero-order chi connectivity index (χ0) is 12.3. The van der Waals surface area contributed by atoms with Gasteiger partial charge in [-0.15, -0.1) is 11.3 Å². The Labute approximate surface area is 107 Å². The molecule has 0 fully saturated rings. The van der Waals surface area contributed by atoms with Crippen molar-refractivity contribution in [1.29, 1.82) is 5.26 Å². The van der Waals surface area contributed by atoms with Gasteiger partial charge in [-0.2, -0.15) is 5.26 Å². The van der Waals surface area contributed by atoms with Crippen LogP contribution in [-0.4, -0.2) is 0 Å². The fourth-order valence-electron chi connectivity index (χ4n) is 2.27. The minimum absolute atomic E-state index is 0.703. The van der Waals surface area contributed by atoms with Gasteiger partial charge in [-0.25, -0.2) is 0 Å². The summed E-state index contributed by atoms with van der Waals surface area (Å²) in [5, 5.41) is 9.11. The van der Waals surface area contributed by atoms with Crippen LogP contribution < -0.4 is 5.73 Å². The van der Waals surface area contributed by atoms with Gasteiger partial charge in [-0.05, 0) is 43.7 Å². The molecule has 0 radical (unpaired) electrons. The van der Waals surface area contributed by atoms with E-state index in [0.717, 1.165) is 23.3 Å². The van der Waals surface area contributed by atoms with Crippen molar-refractivity contribution < 1.29 is 0 Å². The lowest BCUT2D eigenvalue weighted by Crippen LogP contribution is -1.99. The Balaban J connectivity index is 2.33. The van der Waals surface area contributed by atoms with Crippen molar-refractivity contribution >= 4 is 17.0 Å². The Hall–Kier alpha value is -1.27. The smallest absolute Gasteiger partial charge is 0.0969 e. The number of allylic oxidation sites excluding steroid dienone is 1. The molecule has 0 aromatic carbocycles. The van der Waals surface area contributed by atoms with Crippen molar-refractivity contribution in [3.63, 3.8) is 0 Å². The van der Waals surface area contributed by atoms with Crippen molar-refractivity contribution in [1.82, 2.24) is 0 Å². The van der Waals surface area contributed by atoms with E-state index in [9.17, 15) is 0 Å². The Morgan fingerprint density at radius 3 is 2.88 bits per heavy atom. The summed E-state index contributed by atoms with van der Waals surface area (Å²) in [5.74, 6) is 0. The first-order valence-electron chi connectivity index (χ1n) is 6.27. The van der Waals surface area contributed by atoms with Gasteiger partial charge in [0.25, 0.3) is 0 Å². The molecule has 3 heteroatoms. The molecule has 0 aliphatic heterocycles. The van der Waals surface area contributed by atoms with Crippen LogP contribution in [0.5, 0.6) is 0 Å². The first-order valence-corrected chi connectivity index (χ1v) is 7.08. The standard InChI is InChI=1S/C14H18N2S/c1-2-5-11(9-15)14(16)13-8-10-6-3-4-7-12(10)17-13/h8H,2-7,16H2,1H3. The highest BCUT2D eigenvalue weighted by atomic mass is 32.1. The zero-order valence-electron chi connectivity index (χ0n) is 10.3. The van der Waals surface area contributed by atoms with Crippen LogP contribution in [0, 0.1) is 11.3 Å². The molecule has 0 bridgehead atoms. The van der Waals surface area contributed by atoms with Crippen molar-refractivity contribution in [2.45, 2.75) is 45.4 Å². The van der Waals surface area contributed by atoms with E-state index in [1.807, 2.05) is 0 Å². The number of aryl methyl sites for hydroxylation is 2. The van der Waals surface area contributed by atoms with Crippen LogP contribution in [-0.2, 0) is 12.8 Å². The van der Waals surface area contributed by atoms with Crippen molar-refractivity contribution in [3.8, 4) is 6.07 Å². The Kier molecular flexibility index (Phi) is 3.86. The number of hydrogen-bond acceptors (Lipinski definition) is 3. The topological polar surface area (TPSA) is 49.8 Å². The van der Waals surface area contributed by atoms with Gasteiger partial charge in [-0.1, -0.05) is 13.3 Å². The third-order valence-corrected chi connectivity index (χ3v) is 4.49. The molecule has 0 amide bonds. The molecule has 1 aromatic heterocycles. The van der Waals surface area contributed by atoms with Crippen LogP contribution in [0.4, 0.5) is 0 Å². The second-order valence-electron chi connectivity index (χ2n) is 4.52. The van der Waals surface area contributed by atoms with Gasteiger partial charge in [0.1, 0.15) is 0 Å². The molecular weight excluding hydrogens is 228 g/mol. The predicted molar refractivity (Wildman–Crippen MR) is 72.6 cm³/mol. The van der Waals surface area contributed by atoms with Crippen molar-refractivity contribution in [2.24, 2.45) is 5.73 Å². The quantitative estimate of drug-likeness (QED) is 0.828. The number of hydrogen-bond donors (Lipinski definition) is 1. The maximum atomic E-state index is 9.11. The second-order valence-corrected chi connectivity index (χ2v) is 5.66. The SMILES string of the molecule is CCCC(C#N)=C(N)c1cc2c(s1)CCCC2. The van der Waals surface area contributed by atoms with Crippen LogP contribution >= 0.6 is 11.3 Å². The number of nitriles is 1. The van der Waals surface area contributed by atoms with Crippen LogP contribution in [0.25, 0.3) is 5.70 Å². The van der Waals surface area contributed by atoms with Crippen LogP contribution in [0.1, 0.15) is 47.9 Å². The predicted octanol–water partition coefficient (Wildman–Crippen LogP) is 3.62. The Morgan fingerprint density at radius 1 is 1.47 bits per heavy atom. The minimum Gasteiger partial charge on any atom is -0.397 e. The maximum absolute atomic E-state index is 9.11. The highest BCUT2D eigenvalue weighted by Gasteiger charge is 2.15. The molecule has 0 saturated carbocycles. The number of fused-ring (bicyclic) bond motifs is 1. The molecule has 2 rings (SSSR count). The fraction of sp³-hybridized carbons (Fsp3) is 0.500. The van der Waals surface area contributed by atoms with Crippen LogP contribution in [0.2, 0.25) is 0 Å². The molecule has 1 heterocycles. The molecule has 0 atom stereocenters. The zero-order valence-corrected chi connectivity index (χ0v) is 11.1. The van der Waals surface area contributed by atoms with Crippen molar-refractivity contribution in [3.05, 3.63) is 27.0 Å². The molecule has 1 aliphatic rings. The van der Waals surface area contributed by atoms with E-state index in [0.29, 0.717) is 5.70 Å². The van der Waals surface area contributed by atoms with E-state index in [-0.39, 0.29) is 0 Å². The monoisotopic (exact) mass is 246 g/mol. The minimum atomic E-state index is 0.703. The van der Waals surface area contributed by atoms with E-state index in [1.165, 1.54) is 36.1 Å². The summed E-state index contributed by atoms with van der Waals surface area (Å²) in [5.41, 5.74) is 9.01. The van der Waals surface area contributed by atoms with Gasteiger partial charge in [0.15, 0.2) is 0 Å². The van der Waals surface area contributed by atoms with Crippen molar-refractivity contribution in [2.75, 3.05) is 0 Å². The molecule has 17 heavy (non-hydrogen) atoms. The summed E-state index contributed by atoms with van der Waals surface area (Å²) in [6.07, 6.45) is 6.68. The van der Waals surface area contributed by atoms with Gasteiger partial charge in [-0.3, -0.25) is 0 Å². The third-order valence-electron chi connectivity index (χ3n) is 3.22. The Bertz CT molecular complexity index is 453. The summed E-state index contributed by atoms with van der Waals surface area (Å²) in [6.45, 7) is 2.07. The van der Waals surface area contributed by atoms with Gasteiger partial charge in [0.2, 0.25) is 0 Å². The third kappa shape index (κ3) is 2.53. The van der Waals surface area contributed by atoms with Gasteiger partial charge in [0.05, 0.1) is 22.2 Å². The molecule has 2 nitrogen and oxygen atoms in total. The van der Waals surface area contributed by atoms with Gasteiger partial charge < -0.3 is 5.73 Å². The number of nitrogens with zero attached hydrogens (tertiary/aromatic N) is 1. The molecular formula is C14H18N2S. The molecule has 0 saturated heterocycles. The molecule has 0 spiro atoms. The molecule has 2 N–H and O–H groups in total. The summed E-state index contributed by atoms with van der Waals surface area (Å²) in [7, 11) is 0. The number of rotatable bonds is 3. The summed E-state index contributed by atoms with van der Waals surface area (Å²) >= 11 is 1.78. The average molecular weight is 246 g/mol. The first-order chi connectivity index (χ1) is 8.26. The average Bonchev–Trinajstić information content (AvgIpc) is 2.78. The van der Waals surface area contributed by atoms with E-state index < -0.39 is 0 Å². The lowest BCUT2D eigenvalue weighted by molar-refractivity contribution is 0.697. The summed E-state index contributed by atoms with van der Waals surface area (Å²) < 4.78 is 0. The second kappa shape index (κ2) is 5.37. The lowest BCUT2D eigenvalue weighted by atomic mass is 9.99. The first kappa shape index (κ1) is 12.2. The molecule has 0 unspecified atom stereocenters. The highest BCUT2D eigenvalue weighted by Crippen LogP contribution is 2.33. The molecule has 1 aromatic rings. The number of thiophene rings is 1. The van der Waals surface area contributed by atoms with E-state index in [1.54, 1.807) is 11.3 Å². The maximum Gasteiger partial charge on any atom is 0.0969 e. The lowest BCUT2D eigenvalue weighted by Gasteiger charge is -2.08. The van der Waals surface area contributed by atoms with E-state index >= 15 is 0 Å². The largest absolute Gasteiger partial charge is 0.397 e. The van der Waals surface area contributed by atoms with Crippen LogP contribution in [0.15, 0.2) is 11.6 Å². The van der Waals surface area contributed by atoms with E-state index in [2.05, 4.69) is 19.1 Å². The summed E-state index contributed by atoms with van der Waals surface area (Å²) in [6, 6.07) is 4.44. The molecule has 90 valence electrons. The summed E-state index contributed by atoms with van der Waals surface area (Å²) in [4.78, 5) is 2.57. The highest BCUT2D eigenvalue weighted by molar-refractivity contribution is 7.13.